The van der Waals surface area contributed by atoms with E-state index in [9.17, 15) is 0 Å². The number of nitrogens with two attached hydrogens (primary N) is 1. The molecule has 2 bridgehead atoms. The van der Waals surface area contributed by atoms with E-state index in [2.05, 4.69) is 81.6 Å². The summed E-state index contributed by atoms with van der Waals surface area (Å²) in [5.74, 6) is 2.69. The second kappa shape index (κ2) is 10.9. The van der Waals surface area contributed by atoms with Crippen molar-refractivity contribution in [2.75, 3.05) is 0 Å². The maximum atomic E-state index is 8.58. The molecule has 29 heavy (non-hydrogen) atoms. The van der Waals surface area contributed by atoms with Gasteiger partial charge in [-0.25, -0.2) is 0 Å². The van der Waals surface area contributed by atoms with E-state index < -0.39 is 0 Å². The molecule has 2 aliphatic carbocycles. The van der Waals surface area contributed by atoms with E-state index >= 15 is 0 Å². The fourth-order valence-corrected chi connectivity index (χ4v) is 6.03. The van der Waals surface area contributed by atoms with Gasteiger partial charge in [-0.05, 0) is 65.9 Å². The van der Waals surface area contributed by atoms with Gasteiger partial charge in [-0.15, -0.1) is 0 Å². The minimum Gasteiger partial charge on any atom is -0.372 e. The summed E-state index contributed by atoms with van der Waals surface area (Å²) < 4.78 is 0. The van der Waals surface area contributed by atoms with Crippen LogP contribution in [0, 0.1) is 17.3 Å². The van der Waals surface area contributed by atoms with Gasteiger partial charge in [0.1, 0.15) is 0 Å². The van der Waals surface area contributed by atoms with Crippen LogP contribution in [0.5, 0.6) is 0 Å². The largest absolute Gasteiger partial charge is 0.372 e. The van der Waals surface area contributed by atoms with Crippen molar-refractivity contribution in [2.45, 2.75) is 64.0 Å². The highest BCUT2D eigenvalue weighted by molar-refractivity contribution is 7.79. The van der Waals surface area contributed by atoms with Crippen molar-refractivity contribution >= 4 is 19.0 Å². The Morgan fingerprint density at radius 1 is 1.00 bits per heavy atom. The molecule has 2 nitrogen and oxygen atoms in total. The molecule has 3 heteroatoms. The van der Waals surface area contributed by atoms with E-state index in [4.69, 9.17) is 4.79 Å². The van der Waals surface area contributed by atoms with Gasteiger partial charge in [-0.1, -0.05) is 81.4 Å². The first kappa shape index (κ1) is 23.5. The number of fused-ring (bicyclic) bond motifs is 2. The normalized spacial score (nSPS) is 26.8. The Kier molecular flexibility index (Phi) is 8.82. The molecule has 0 aromatic heterocycles. The highest BCUT2D eigenvalue weighted by atomic mass is 32.1. The predicted molar refractivity (Wildman–Crippen MR) is 127 cm³/mol. The number of hydrogen-bond acceptors (Lipinski definition) is 2. The number of hydrogen-bond donors (Lipinski definition) is 2. The molecule has 0 spiro atoms. The molecule has 0 saturated heterocycles. The fraction of sp³-hybridized carbons (Fsp3) is 0.500. The quantitative estimate of drug-likeness (QED) is 0.436. The monoisotopic (exact) mass is 411 g/mol. The molecule has 2 saturated carbocycles. The lowest BCUT2D eigenvalue weighted by Crippen LogP contribution is -2.45. The van der Waals surface area contributed by atoms with Gasteiger partial charge in [0, 0.05) is 5.75 Å². The average Bonchev–Trinajstić information content (AvgIpc) is 2.68. The standard InChI is InChI=1S/C18H26.C7H8S.CH3NO/c1-14-9-15-11-17(2,3)13-18(10-14,12-15)16-7-5-4-6-8-16;8-6-7-4-2-1-3-5-7;2-1-3/h4-8,14-15H,9-13H2,1-3H3;1-5,8H,6H2;1H,(H2,2,3). The minimum absolute atomic E-state index is 0.250. The molecule has 3 unspecified atom stereocenters. The lowest BCUT2D eigenvalue weighted by molar-refractivity contribution is -0.106. The van der Waals surface area contributed by atoms with Crippen molar-refractivity contribution in [1.82, 2.24) is 0 Å². The molecule has 2 aliphatic rings. The van der Waals surface area contributed by atoms with Crippen LogP contribution < -0.4 is 5.73 Å². The maximum Gasteiger partial charge on any atom is 0.204 e. The number of carbonyl (C=O) groups excluding carboxylic acids is 1. The van der Waals surface area contributed by atoms with E-state index in [0.29, 0.717) is 10.8 Å². The number of thiol groups is 1. The summed E-state index contributed by atoms with van der Waals surface area (Å²) in [6.07, 6.45) is 7.36. The van der Waals surface area contributed by atoms with E-state index in [1.807, 2.05) is 18.2 Å². The van der Waals surface area contributed by atoms with Crippen molar-refractivity contribution in [1.29, 1.82) is 0 Å². The Bertz CT molecular complexity index is 727. The van der Waals surface area contributed by atoms with Crippen LogP contribution >= 0.6 is 12.6 Å². The van der Waals surface area contributed by atoms with E-state index in [0.717, 1.165) is 17.6 Å². The fourth-order valence-electron chi connectivity index (χ4n) is 5.82. The molecule has 158 valence electrons. The third-order valence-corrected chi connectivity index (χ3v) is 6.59. The molecular formula is C26H37NOS. The van der Waals surface area contributed by atoms with Gasteiger partial charge in [0.05, 0.1) is 0 Å². The number of rotatable bonds is 2. The van der Waals surface area contributed by atoms with Crippen molar-refractivity contribution in [3.8, 4) is 0 Å². The summed E-state index contributed by atoms with van der Waals surface area (Å²) in [6.45, 7) is 7.42. The molecule has 3 atom stereocenters. The van der Waals surface area contributed by atoms with Gasteiger partial charge in [0.25, 0.3) is 0 Å². The van der Waals surface area contributed by atoms with E-state index in [1.165, 1.54) is 37.7 Å². The average molecular weight is 412 g/mol. The lowest BCUT2D eigenvalue weighted by Gasteiger charge is -2.54. The van der Waals surface area contributed by atoms with Crippen LogP contribution in [-0.4, -0.2) is 6.41 Å². The van der Waals surface area contributed by atoms with Gasteiger partial charge in [0.15, 0.2) is 0 Å². The summed E-state index contributed by atoms with van der Waals surface area (Å²) in [6, 6.07) is 21.5. The Balaban J connectivity index is 0.000000228. The van der Waals surface area contributed by atoms with Crippen LogP contribution in [0.25, 0.3) is 0 Å². The molecule has 2 N–H and O–H groups in total. The first-order valence-corrected chi connectivity index (χ1v) is 11.3. The van der Waals surface area contributed by atoms with Gasteiger partial charge in [-0.2, -0.15) is 12.6 Å². The van der Waals surface area contributed by atoms with Crippen LogP contribution in [0.1, 0.15) is 64.0 Å². The first-order chi connectivity index (χ1) is 13.8. The molecular weight excluding hydrogens is 374 g/mol. The molecule has 4 rings (SSSR count). The van der Waals surface area contributed by atoms with Crippen molar-refractivity contribution in [2.24, 2.45) is 23.0 Å². The summed E-state index contributed by atoms with van der Waals surface area (Å²) in [5.41, 5.74) is 8.05. The van der Waals surface area contributed by atoms with E-state index in [1.54, 1.807) is 5.56 Å². The van der Waals surface area contributed by atoms with Crippen LogP contribution in [0.4, 0.5) is 0 Å². The van der Waals surface area contributed by atoms with Crippen LogP contribution in [0.15, 0.2) is 60.7 Å². The van der Waals surface area contributed by atoms with Gasteiger partial charge in [-0.3, -0.25) is 4.79 Å². The summed E-state index contributed by atoms with van der Waals surface area (Å²) >= 11 is 4.11. The number of primary amides is 1. The second-order valence-corrected chi connectivity index (χ2v) is 9.90. The Hall–Kier alpha value is -1.74. The lowest BCUT2D eigenvalue weighted by atomic mass is 9.51. The SMILES string of the molecule is CC1CC2CC(C)(C)CC(c3ccccc3)(C1)C2.NC=O.SCc1ccccc1. The zero-order valence-corrected chi connectivity index (χ0v) is 19.1. The van der Waals surface area contributed by atoms with E-state index in [-0.39, 0.29) is 6.41 Å². The number of amides is 1. The second-order valence-electron chi connectivity index (χ2n) is 9.59. The Morgan fingerprint density at radius 2 is 1.55 bits per heavy atom. The third kappa shape index (κ3) is 6.92. The molecule has 2 aromatic carbocycles. The zero-order chi connectivity index (χ0) is 21.3. The highest BCUT2D eigenvalue weighted by Crippen LogP contribution is 2.57. The third-order valence-electron chi connectivity index (χ3n) is 6.22. The van der Waals surface area contributed by atoms with Crippen molar-refractivity contribution in [3.05, 3.63) is 71.8 Å². The van der Waals surface area contributed by atoms with Crippen molar-refractivity contribution in [3.63, 3.8) is 0 Å². The maximum absolute atomic E-state index is 8.58. The van der Waals surface area contributed by atoms with Crippen LogP contribution in [0.3, 0.4) is 0 Å². The zero-order valence-electron chi connectivity index (χ0n) is 18.2. The molecule has 1 amide bonds. The highest BCUT2D eigenvalue weighted by Gasteiger charge is 2.48. The van der Waals surface area contributed by atoms with Crippen LogP contribution in [0.2, 0.25) is 0 Å². The number of benzene rings is 2. The van der Waals surface area contributed by atoms with Gasteiger partial charge < -0.3 is 5.73 Å². The molecule has 0 aliphatic heterocycles. The number of carbonyl (C=O) groups is 1. The Morgan fingerprint density at radius 3 is 2.07 bits per heavy atom. The minimum atomic E-state index is 0.250. The van der Waals surface area contributed by atoms with Crippen LogP contribution in [-0.2, 0) is 16.0 Å². The topological polar surface area (TPSA) is 43.1 Å². The predicted octanol–water partition coefficient (Wildman–Crippen LogP) is 6.40. The molecule has 0 heterocycles. The van der Waals surface area contributed by atoms with Crippen molar-refractivity contribution < 1.29 is 4.79 Å². The molecule has 0 radical (unpaired) electrons. The Labute approximate surface area is 182 Å². The summed E-state index contributed by atoms with van der Waals surface area (Å²) in [4.78, 5) is 8.58. The van der Waals surface area contributed by atoms with Gasteiger partial charge in [0.2, 0.25) is 6.41 Å². The molecule has 2 fully saturated rings. The summed E-state index contributed by atoms with van der Waals surface area (Å²) in [7, 11) is 0. The molecule has 2 aromatic rings. The first-order valence-electron chi connectivity index (χ1n) is 10.7. The van der Waals surface area contributed by atoms with Gasteiger partial charge >= 0.3 is 0 Å². The summed E-state index contributed by atoms with van der Waals surface area (Å²) in [5, 5.41) is 0. The smallest absolute Gasteiger partial charge is 0.204 e.